The third-order valence-corrected chi connectivity index (χ3v) is 10.3. The van der Waals surface area contributed by atoms with E-state index < -0.39 is 0 Å². The van der Waals surface area contributed by atoms with E-state index in [1.165, 1.54) is 4.90 Å². The molecule has 5 nitrogen and oxygen atoms in total. The summed E-state index contributed by atoms with van der Waals surface area (Å²) in [5.74, 6) is 0.0261. The van der Waals surface area contributed by atoms with Crippen LogP contribution in [0, 0.1) is 23.7 Å². The first-order valence-electron chi connectivity index (χ1n) is 10.2. The molecule has 3 aliphatic rings. The number of anilines is 1. The highest BCUT2D eigenvalue weighted by atomic mass is 79.9. The summed E-state index contributed by atoms with van der Waals surface area (Å²) in [6, 6.07) is 4.92. The van der Waals surface area contributed by atoms with E-state index >= 15 is 0 Å². The molecule has 1 saturated heterocycles. The maximum Gasteiger partial charge on any atom is 0.233 e. The van der Waals surface area contributed by atoms with Crippen molar-refractivity contribution in [2.24, 2.45) is 23.7 Å². The van der Waals surface area contributed by atoms with Gasteiger partial charge in [0.1, 0.15) is 0 Å². The summed E-state index contributed by atoms with van der Waals surface area (Å²) in [6.45, 7) is 0.436. The van der Waals surface area contributed by atoms with Crippen LogP contribution in [0.1, 0.15) is 32.1 Å². The maximum absolute atomic E-state index is 12.9. The lowest BCUT2D eigenvalue weighted by atomic mass is 9.81. The van der Waals surface area contributed by atoms with Gasteiger partial charge < -0.3 is 5.32 Å². The highest BCUT2D eigenvalue weighted by molar-refractivity contribution is 9.12. The van der Waals surface area contributed by atoms with Crippen LogP contribution < -0.4 is 5.32 Å². The summed E-state index contributed by atoms with van der Waals surface area (Å²) < 4.78 is 0. The lowest BCUT2D eigenvalue weighted by Crippen LogP contribution is -2.37. The topological polar surface area (TPSA) is 66.5 Å². The quantitative estimate of drug-likeness (QED) is 0.271. The monoisotopic (exact) mass is 578 g/mol. The van der Waals surface area contributed by atoms with E-state index in [0.717, 1.165) is 12.8 Å². The van der Waals surface area contributed by atoms with E-state index in [1.54, 1.807) is 18.2 Å². The van der Waals surface area contributed by atoms with E-state index in [0.29, 0.717) is 41.5 Å². The Bertz CT molecular complexity index is 852. The number of hydrogen-bond acceptors (Lipinski definition) is 3. The molecule has 2 bridgehead atoms. The number of nitrogens with zero attached hydrogens (tertiary/aromatic N) is 1. The first kappa shape index (κ1) is 22.6. The smallest absolute Gasteiger partial charge is 0.233 e. The van der Waals surface area contributed by atoms with Crippen molar-refractivity contribution in [1.29, 1.82) is 0 Å². The minimum atomic E-state index is -0.158. The fourth-order valence-corrected chi connectivity index (χ4v) is 7.38. The molecule has 6 atom stereocenters. The summed E-state index contributed by atoms with van der Waals surface area (Å²) in [6.07, 6.45) is 3.42. The van der Waals surface area contributed by atoms with Crippen LogP contribution in [0.15, 0.2) is 18.2 Å². The number of rotatable bonds is 7. The van der Waals surface area contributed by atoms with Gasteiger partial charge in [-0.25, -0.2) is 0 Å². The third-order valence-electron chi connectivity index (χ3n) is 6.57. The Morgan fingerprint density at radius 1 is 1.03 bits per heavy atom. The molecular weight excluding hydrogens is 559 g/mol. The first-order chi connectivity index (χ1) is 14.3. The number of nitrogens with one attached hydrogen (secondary N) is 1. The maximum atomic E-state index is 12.9. The van der Waals surface area contributed by atoms with E-state index in [2.05, 4.69) is 37.2 Å². The van der Waals surface area contributed by atoms with Gasteiger partial charge in [-0.05, 0) is 49.3 Å². The molecule has 0 unspecified atom stereocenters. The van der Waals surface area contributed by atoms with Crippen LogP contribution in [0.25, 0.3) is 0 Å². The van der Waals surface area contributed by atoms with E-state index in [4.69, 9.17) is 23.2 Å². The predicted octanol–water partition coefficient (Wildman–Crippen LogP) is 5.27. The van der Waals surface area contributed by atoms with Crippen LogP contribution in [-0.2, 0) is 14.4 Å². The minimum absolute atomic E-state index is 0.00492. The first-order valence-corrected chi connectivity index (χ1v) is 12.8. The van der Waals surface area contributed by atoms with Crippen molar-refractivity contribution in [3.63, 3.8) is 0 Å². The van der Waals surface area contributed by atoms with Crippen molar-refractivity contribution in [2.45, 2.75) is 41.8 Å². The number of unbranched alkanes of at least 4 members (excludes halogenated alkanes) is 2. The summed E-state index contributed by atoms with van der Waals surface area (Å²) >= 11 is 19.4. The highest BCUT2D eigenvalue weighted by Gasteiger charge is 2.66. The van der Waals surface area contributed by atoms with Crippen LogP contribution in [0.4, 0.5) is 5.69 Å². The van der Waals surface area contributed by atoms with Crippen LogP contribution in [0.2, 0.25) is 10.0 Å². The van der Waals surface area contributed by atoms with E-state index in [-0.39, 0.29) is 51.0 Å². The molecule has 1 heterocycles. The Balaban J connectivity index is 1.22. The molecule has 1 N–H and O–H groups in total. The number of carbonyl (C=O) groups excluding carboxylic acids is 3. The van der Waals surface area contributed by atoms with Crippen molar-refractivity contribution >= 4 is 78.5 Å². The average Bonchev–Trinajstić information content (AvgIpc) is 3.30. The van der Waals surface area contributed by atoms with Gasteiger partial charge in [-0.15, -0.1) is 0 Å². The highest BCUT2D eigenvalue weighted by Crippen LogP contribution is 2.60. The number of fused-ring (bicyclic) bond motifs is 5. The molecule has 2 aliphatic carbocycles. The fourth-order valence-electron chi connectivity index (χ4n) is 5.17. The van der Waals surface area contributed by atoms with Gasteiger partial charge in [-0.1, -0.05) is 61.5 Å². The molecule has 0 radical (unpaired) electrons. The number of amides is 3. The number of likely N-dealkylation sites (tertiary alicyclic amines) is 1. The van der Waals surface area contributed by atoms with Crippen LogP contribution in [0.5, 0.6) is 0 Å². The number of carbonyl (C=O) groups is 3. The number of alkyl halides is 2. The standard InChI is InChI=1S/C21H22Br2Cl2N2O3/c22-18-11-9-12(19(18)23)17-16(11)20(29)27(21(17)30)7-3-1-2-4-15(28)26-14-8-10(24)5-6-13(14)25/h5-6,8,11-12,16-19H,1-4,7,9H2,(H,26,28)/t11-,12-,16-,17-,18-,19+/m1/s1. The second kappa shape index (κ2) is 9.08. The molecule has 4 rings (SSSR count). The largest absolute Gasteiger partial charge is 0.325 e. The number of halogens is 4. The van der Waals surface area contributed by atoms with E-state index in [1.807, 2.05) is 0 Å². The fraction of sp³-hybridized carbons (Fsp3) is 0.571. The molecule has 1 aromatic rings. The zero-order valence-electron chi connectivity index (χ0n) is 16.1. The van der Waals surface area contributed by atoms with Crippen molar-refractivity contribution in [1.82, 2.24) is 4.90 Å². The number of imide groups is 1. The molecular formula is C21H22Br2Cl2N2O3. The summed E-state index contributed by atoms with van der Waals surface area (Å²) in [5, 5.41) is 3.71. The van der Waals surface area contributed by atoms with Gasteiger partial charge >= 0.3 is 0 Å². The Hall–Kier alpha value is -0.630. The van der Waals surface area contributed by atoms with Gasteiger partial charge in [-0.3, -0.25) is 19.3 Å². The lowest BCUT2D eigenvalue weighted by Gasteiger charge is -2.28. The van der Waals surface area contributed by atoms with Gasteiger partial charge in [0, 0.05) is 27.6 Å². The average molecular weight is 581 g/mol. The van der Waals surface area contributed by atoms with Crippen LogP contribution in [0.3, 0.4) is 0 Å². The second-order valence-electron chi connectivity index (χ2n) is 8.31. The van der Waals surface area contributed by atoms with E-state index in [9.17, 15) is 14.4 Å². The normalized spacial score (nSPS) is 32.1. The number of benzene rings is 1. The van der Waals surface area contributed by atoms with Crippen molar-refractivity contribution in [2.75, 3.05) is 11.9 Å². The van der Waals surface area contributed by atoms with Gasteiger partial charge in [-0.2, -0.15) is 0 Å². The molecule has 0 spiro atoms. The molecule has 2 saturated carbocycles. The molecule has 162 valence electrons. The Kier molecular flexibility index (Phi) is 6.83. The Morgan fingerprint density at radius 2 is 1.67 bits per heavy atom. The van der Waals surface area contributed by atoms with Crippen LogP contribution in [-0.4, -0.2) is 38.8 Å². The van der Waals surface area contributed by atoms with Crippen molar-refractivity contribution in [3.05, 3.63) is 28.2 Å². The van der Waals surface area contributed by atoms with Gasteiger partial charge in [0.15, 0.2) is 0 Å². The summed E-state index contributed by atoms with van der Waals surface area (Å²) in [7, 11) is 0. The van der Waals surface area contributed by atoms with Crippen molar-refractivity contribution in [3.8, 4) is 0 Å². The van der Waals surface area contributed by atoms with Gasteiger partial charge in [0.2, 0.25) is 17.7 Å². The molecule has 0 aromatic heterocycles. The Labute approximate surface area is 202 Å². The number of hydrogen-bond donors (Lipinski definition) is 1. The molecule has 9 heteroatoms. The second-order valence-corrected chi connectivity index (χ2v) is 11.3. The molecule has 3 amide bonds. The van der Waals surface area contributed by atoms with Gasteiger partial charge in [0.05, 0.1) is 22.5 Å². The van der Waals surface area contributed by atoms with Gasteiger partial charge in [0.25, 0.3) is 0 Å². The molecule has 1 aliphatic heterocycles. The predicted molar refractivity (Wildman–Crippen MR) is 124 cm³/mol. The Morgan fingerprint density at radius 3 is 2.30 bits per heavy atom. The zero-order valence-corrected chi connectivity index (χ0v) is 20.8. The summed E-state index contributed by atoms with van der Waals surface area (Å²) in [4.78, 5) is 39.8. The lowest BCUT2D eigenvalue weighted by molar-refractivity contribution is -0.140. The molecule has 1 aromatic carbocycles. The minimum Gasteiger partial charge on any atom is -0.325 e. The SMILES string of the molecule is O=C(CCCCCN1C(=O)[C@@H]2[C@H]3C[C@@H]([C@@H](Br)[C@H]3Br)[C@H]2C1=O)Nc1cc(Cl)ccc1Cl. The summed E-state index contributed by atoms with van der Waals surface area (Å²) in [5.41, 5.74) is 0.499. The molecule has 3 fully saturated rings. The zero-order chi connectivity index (χ0) is 21.6. The van der Waals surface area contributed by atoms with Crippen molar-refractivity contribution < 1.29 is 14.4 Å². The molecule has 30 heavy (non-hydrogen) atoms. The van der Waals surface area contributed by atoms with Crippen LogP contribution >= 0.6 is 55.1 Å². The third kappa shape index (κ3) is 4.07.